The molecule has 0 aliphatic carbocycles. The summed E-state index contributed by atoms with van der Waals surface area (Å²) in [6, 6.07) is 2.51. The summed E-state index contributed by atoms with van der Waals surface area (Å²) in [5.41, 5.74) is -1.01. The lowest BCUT2D eigenvalue weighted by Gasteiger charge is -2.22. The molecule has 8 heteroatoms. The molecule has 120 valence electrons. The number of anilines is 1. The molecule has 0 radical (unpaired) electrons. The fourth-order valence-electron chi connectivity index (χ4n) is 2.46. The number of halogens is 4. The van der Waals surface area contributed by atoms with E-state index >= 15 is 0 Å². The number of rotatable bonds is 2. The number of carbonyl (C=O) groups is 2. The minimum Gasteiger partial charge on any atom is -0.331 e. The van der Waals surface area contributed by atoms with Crippen LogP contribution in [0.4, 0.5) is 18.9 Å². The highest BCUT2D eigenvalue weighted by atomic mass is 35.5. The minimum absolute atomic E-state index is 0.00266. The van der Waals surface area contributed by atoms with Gasteiger partial charge in [0, 0.05) is 19.2 Å². The van der Waals surface area contributed by atoms with Gasteiger partial charge in [0.1, 0.15) is 6.04 Å². The lowest BCUT2D eigenvalue weighted by molar-refractivity contribution is -0.137. The van der Waals surface area contributed by atoms with Crippen molar-refractivity contribution in [1.82, 2.24) is 4.90 Å². The SMILES string of the molecule is CC(=O)N1CCC[C@@H]1C(=O)Nc1ccc(Cl)c(C(F)(F)F)c1. The topological polar surface area (TPSA) is 49.4 Å². The Morgan fingerprint density at radius 1 is 1.36 bits per heavy atom. The molecule has 2 amide bonds. The van der Waals surface area contributed by atoms with E-state index in [1.165, 1.54) is 17.9 Å². The molecule has 2 rings (SSSR count). The van der Waals surface area contributed by atoms with Gasteiger partial charge in [0.05, 0.1) is 10.6 Å². The lowest BCUT2D eigenvalue weighted by Crippen LogP contribution is -2.42. The van der Waals surface area contributed by atoms with E-state index in [9.17, 15) is 22.8 Å². The van der Waals surface area contributed by atoms with E-state index in [2.05, 4.69) is 5.32 Å². The second kappa shape index (κ2) is 6.16. The Bertz CT molecular complexity index is 604. The Morgan fingerprint density at radius 3 is 2.64 bits per heavy atom. The van der Waals surface area contributed by atoms with E-state index in [1.807, 2.05) is 0 Å². The van der Waals surface area contributed by atoms with Gasteiger partial charge >= 0.3 is 6.18 Å². The third-order valence-electron chi connectivity index (χ3n) is 3.50. The van der Waals surface area contributed by atoms with E-state index in [4.69, 9.17) is 11.6 Å². The zero-order valence-electron chi connectivity index (χ0n) is 11.7. The van der Waals surface area contributed by atoms with Crippen LogP contribution in [-0.4, -0.2) is 29.3 Å². The number of carbonyl (C=O) groups excluding carboxylic acids is 2. The lowest BCUT2D eigenvalue weighted by atomic mass is 10.1. The van der Waals surface area contributed by atoms with Gasteiger partial charge in [-0.2, -0.15) is 13.2 Å². The van der Waals surface area contributed by atoms with E-state index < -0.39 is 28.7 Å². The molecule has 22 heavy (non-hydrogen) atoms. The van der Waals surface area contributed by atoms with Crippen molar-refractivity contribution in [3.05, 3.63) is 28.8 Å². The van der Waals surface area contributed by atoms with E-state index in [0.717, 1.165) is 12.1 Å². The van der Waals surface area contributed by atoms with E-state index in [1.54, 1.807) is 0 Å². The zero-order chi connectivity index (χ0) is 16.5. The van der Waals surface area contributed by atoms with Crippen LogP contribution < -0.4 is 5.32 Å². The molecular formula is C14H14ClF3N2O2. The fourth-order valence-corrected chi connectivity index (χ4v) is 2.69. The molecule has 0 aromatic heterocycles. The molecule has 1 N–H and O–H groups in total. The largest absolute Gasteiger partial charge is 0.417 e. The zero-order valence-corrected chi connectivity index (χ0v) is 12.5. The molecule has 1 heterocycles. The van der Waals surface area contributed by atoms with Crippen LogP contribution in [0.25, 0.3) is 0 Å². The highest BCUT2D eigenvalue weighted by Gasteiger charge is 2.35. The second-order valence-electron chi connectivity index (χ2n) is 5.05. The van der Waals surface area contributed by atoms with Crippen LogP contribution in [0.5, 0.6) is 0 Å². The summed E-state index contributed by atoms with van der Waals surface area (Å²) < 4.78 is 38.4. The maximum Gasteiger partial charge on any atom is 0.417 e. The predicted octanol–water partition coefficient (Wildman–Crippen LogP) is 3.31. The fraction of sp³-hybridized carbons (Fsp3) is 0.429. The first-order valence-corrected chi connectivity index (χ1v) is 7.03. The Labute approximate surface area is 130 Å². The highest BCUT2D eigenvalue weighted by Crippen LogP contribution is 2.36. The third kappa shape index (κ3) is 3.52. The van der Waals surface area contributed by atoms with Gasteiger partial charge in [0.25, 0.3) is 0 Å². The molecule has 4 nitrogen and oxygen atoms in total. The highest BCUT2D eigenvalue weighted by molar-refractivity contribution is 6.31. The van der Waals surface area contributed by atoms with Crippen molar-refractivity contribution < 1.29 is 22.8 Å². The van der Waals surface area contributed by atoms with Crippen LogP contribution in [0.15, 0.2) is 18.2 Å². The number of nitrogens with one attached hydrogen (secondary N) is 1. The molecule has 1 aliphatic rings. The maximum atomic E-state index is 12.8. The van der Waals surface area contributed by atoms with Gasteiger partial charge in [0.15, 0.2) is 0 Å². The quantitative estimate of drug-likeness (QED) is 0.902. The molecule has 1 aromatic rings. The molecule has 0 bridgehead atoms. The maximum absolute atomic E-state index is 12.8. The average molecular weight is 335 g/mol. The van der Waals surface area contributed by atoms with Gasteiger partial charge in [-0.05, 0) is 31.0 Å². The summed E-state index contributed by atoms with van der Waals surface area (Å²) in [5.74, 6) is -0.729. The van der Waals surface area contributed by atoms with Crippen molar-refractivity contribution in [2.24, 2.45) is 0 Å². The van der Waals surface area contributed by atoms with Crippen LogP contribution in [0.2, 0.25) is 5.02 Å². The molecule has 1 atom stereocenters. The molecule has 0 spiro atoms. The van der Waals surface area contributed by atoms with Crippen molar-refractivity contribution in [3.63, 3.8) is 0 Å². The number of hydrogen-bond donors (Lipinski definition) is 1. The van der Waals surface area contributed by atoms with Gasteiger partial charge in [-0.25, -0.2) is 0 Å². The van der Waals surface area contributed by atoms with Crippen molar-refractivity contribution in [3.8, 4) is 0 Å². The Morgan fingerprint density at radius 2 is 2.05 bits per heavy atom. The third-order valence-corrected chi connectivity index (χ3v) is 3.83. The van der Waals surface area contributed by atoms with Crippen LogP contribution in [-0.2, 0) is 15.8 Å². The second-order valence-corrected chi connectivity index (χ2v) is 5.46. The summed E-state index contributed by atoms with van der Waals surface area (Å²) in [6.45, 7) is 1.83. The van der Waals surface area contributed by atoms with Gasteiger partial charge in [-0.15, -0.1) is 0 Å². The first kappa shape index (κ1) is 16.6. The molecule has 1 fully saturated rings. The molecular weight excluding hydrogens is 321 g/mol. The number of nitrogens with zero attached hydrogens (tertiary/aromatic N) is 1. The monoisotopic (exact) mass is 334 g/mol. The van der Waals surface area contributed by atoms with E-state index in [0.29, 0.717) is 19.4 Å². The van der Waals surface area contributed by atoms with Gasteiger partial charge < -0.3 is 10.2 Å². The number of alkyl halides is 3. The Hall–Kier alpha value is -1.76. The average Bonchev–Trinajstić information content (AvgIpc) is 2.89. The van der Waals surface area contributed by atoms with Crippen molar-refractivity contribution in [2.75, 3.05) is 11.9 Å². The molecule has 0 unspecified atom stereocenters. The number of amides is 2. The van der Waals surface area contributed by atoms with E-state index in [-0.39, 0.29) is 11.6 Å². The Kier molecular flexibility index (Phi) is 4.65. The molecule has 1 aliphatic heterocycles. The first-order chi connectivity index (χ1) is 10.2. The summed E-state index contributed by atoms with van der Waals surface area (Å²) in [6.07, 6.45) is -3.42. The van der Waals surface area contributed by atoms with Crippen molar-refractivity contribution in [1.29, 1.82) is 0 Å². The van der Waals surface area contributed by atoms with Crippen LogP contribution in [0, 0.1) is 0 Å². The van der Waals surface area contributed by atoms with Gasteiger partial charge in [-0.1, -0.05) is 11.6 Å². The number of likely N-dealkylation sites (tertiary alicyclic amines) is 1. The minimum atomic E-state index is -4.60. The summed E-state index contributed by atoms with van der Waals surface area (Å²) >= 11 is 5.52. The van der Waals surface area contributed by atoms with Crippen LogP contribution in [0.1, 0.15) is 25.3 Å². The smallest absolute Gasteiger partial charge is 0.331 e. The molecule has 1 saturated heterocycles. The summed E-state index contributed by atoms with van der Waals surface area (Å²) in [5, 5.41) is 1.98. The number of benzene rings is 1. The predicted molar refractivity (Wildman–Crippen MR) is 75.5 cm³/mol. The van der Waals surface area contributed by atoms with Crippen LogP contribution in [0.3, 0.4) is 0 Å². The first-order valence-electron chi connectivity index (χ1n) is 6.65. The van der Waals surface area contributed by atoms with Crippen molar-refractivity contribution in [2.45, 2.75) is 32.0 Å². The van der Waals surface area contributed by atoms with Gasteiger partial charge in [0.2, 0.25) is 11.8 Å². The standard InChI is InChI=1S/C14H14ClF3N2O2/c1-8(21)20-6-2-3-12(20)13(22)19-9-4-5-11(15)10(7-9)14(16,17)18/h4-5,7,12H,2-3,6H2,1H3,(H,19,22)/t12-/m1/s1. The summed E-state index contributed by atoms with van der Waals surface area (Å²) in [7, 11) is 0. The summed E-state index contributed by atoms with van der Waals surface area (Å²) in [4.78, 5) is 25.0. The normalized spacial score (nSPS) is 18.4. The number of hydrogen-bond acceptors (Lipinski definition) is 2. The van der Waals surface area contributed by atoms with Crippen molar-refractivity contribution >= 4 is 29.1 Å². The van der Waals surface area contributed by atoms with Gasteiger partial charge in [-0.3, -0.25) is 9.59 Å². The molecule has 1 aromatic carbocycles. The Balaban J connectivity index is 2.17. The molecule has 0 saturated carbocycles. The van der Waals surface area contributed by atoms with Crippen LogP contribution >= 0.6 is 11.6 Å².